The molecule has 1 amide bonds. The summed E-state index contributed by atoms with van der Waals surface area (Å²) >= 11 is 0. The molecule has 1 aliphatic rings. The SMILES string of the molecule is C=C(NCc1ccoc1)[C@H](CC)N1C(=O)[C@@H](C)CC[C@H]1C. The lowest BCUT2D eigenvalue weighted by Gasteiger charge is -2.42. The predicted octanol–water partition coefficient (Wildman–Crippen LogP) is 3.31. The quantitative estimate of drug-likeness (QED) is 0.874. The number of carbonyl (C=O) groups excluding carboxylic acids is 1. The molecule has 1 saturated heterocycles. The topological polar surface area (TPSA) is 45.5 Å². The van der Waals surface area contributed by atoms with Gasteiger partial charge in [0, 0.05) is 29.8 Å². The van der Waals surface area contributed by atoms with Crippen LogP contribution in [0, 0.1) is 5.92 Å². The fraction of sp³-hybridized carbons (Fsp3) is 0.588. The lowest BCUT2D eigenvalue weighted by Crippen LogP contribution is -2.53. The van der Waals surface area contributed by atoms with Crippen molar-refractivity contribution in [3.8, 4) is 0 Å². The Hall–Kier alpha value is -1.71. The van der Waals surface area contributed by atoms with E-state index in [-0.39, 0.29) is 23.9 Å². The van der Waals surface area contributed by atoms with Gasteiger partial charge in [-0.2, -0.15) is 0 Å². The van der Waals surface area contributed by atoms with E-state index in [9.17, 15) is 4.79 Å². The van der Waals surface area contributed by atoms with Crippen LogP contribution in [-0.4, -0.2) is 22.9 Å². The standard InChI is InChI=1S/C17H26N2O2/c1-5-16(14(4)18-10-15-8-9-21-11-15)19-13(3)7-6-12(2)17(19)20/h8-9,11-13,16,18H,4-7,10H2,1-3H3/t12-,13+,16-/m0/s1. The molecule has 1 N–H and O–H groups in total. The summed E-state index contributed by atoms with van der Waals surface area (Å²) in [5.74, 6) is 0.379. The summed E-state index contributed by atoms with van der Waals surface area (Å²) in [6.07, 6.45) is 6.31. The summed E-state index contributed by atoms with van der Waals surface area (Å²) in [5, 5.41) is 3.34. The highest BCUT2D eigenvalue weighted by molar-refractivity contribution is 5.80. The molecule has 0 aromatic carbocycles. The van der Waals surface area contributed by atoms with Crippen LogP contribution >= 0.6 is 0 Å². The zero-order valence-electron chi connectivity index (χ0n) is 13.3. The molecule has 2 rings (SSSR count). The van der Waals surface area contributed by atoms with Crippen LogP contribution in [-0.2, 0) is 11.3 Å². The number of piperidine rings is 1. The minimum absolute atomic E-state index is 0.0575. The van der Waals surface area contributed by atoms with Gasteiger partial charge in [0.25, 0.3) is 0 Å². The van der Waals surface area contributed by atoms with Crippen LogP contribution in [0.15, 0.2) is 35.3 Å². The van der Waals surface area contributed by atoms with Crippen molar-refractivity contribution in [2.75, 3.05) is 0 Å². The molecule has 1 fully saturated rings. The molecule has 1 aromatic rings. The van der Waals surface area contributed by atoms with E-state index in [1.807, 2.05) is 17.9 Å². The van der Waals surface area contributed by atoms with Crippen LogP contribution in [0.2, 0.25) is 0 Å². The van der Waals surface area contributed by atoms with Gasteiger partial charge in [0.1, 0.15) is 0 Å². The van der Waals surface area contributed by atoms with Crippen molar-refractivity contribution in [1.29, 1.82) is 0 Å². The van der Waals surface area contributed by atoms with E-state index in [1.165, 1.54) is 0 Å². The van der Waals surface area contributed by atoms with Gasteiger partial charge in [-0.1, -0.05) is 20.4 Å². The smallest absolute Gasteiger partial charge is 0.226 e. The summed E-state index contributed by atoms with van der Waals surface area (Å²) in [4.78, 5) is 14.5. The number of furan rings is 1. The van der Waals surface area contributed by atoms with Crippen molar-refractivity contribution < 1.29 is 9.21 Å². The molecule has 4 nitrogen and oxygen atoms in total. The first-order valence-corrected chi connectivity index (χ1v) is 7.80. The summed E-state index contributed by atoms with van der Waals surface area (Å²) in [6.45, 7) is 11.1. The van der Waals surface area contributed by atoms with Crippen molar-refractivity contribution in [2.24, 2.45) is 5.92 Å². The molecule has 0 spiro atoms. The van der Waals surface area contributed by atoms with Gasteiger partial charge in [0.05, 0.1) is 18.6 Å². The van der Waals surface area contributed by atoms with Gasteiger partial charge in [0.15, 0.2) is 0 Å². The second-order valence-corrected chi connectivity index (χ2v) is 6.01. The van der Waals surface area contributed by atoms with E-state index in [1.54, 1.807) is 12.5 Å². The summed E-state index contributed by atoms with van der Waals surface area (Å²) < 4.78 is 5.06. The molecule has 0 aliphatic carbocycles. The van der Waals surface area contributed by atoms with Crippen molar-refractivity contribution >= 4 is 5.91 Å². The first kappa shape index (κ1) is 15.7. The van der Waals surface area contributed by atoms with Gasteiger partial charge in [0.2, 0.25) is 5.91 Å². The first-order valence-electron chi connectivity index (χ1n) is 7.80. The predicted molar refractivity (Wildman–Crippen MR) is 83.5 cm³/mol. The van der Waals surface area contributed by atoms with Crippen LogP contribution in [0.4, 0.5) is 0 Å². The van der Waals surface area contributed by atoms with Crippen molar-refractivity contribution in [1.82, 2.24) is 10.2 Å². The third kappa shape index (κ3) is 3.49. The second kappa shape index (κ2) is 6.83. The minimum atomic E-state index is 0.0575. The van der Waals surface area contributed by atoms with Gasteiger partial charge < -0.3 is 14.6 Å². The zero-order valence-corrected chi connectivity index (χ0v) is 13.3. The Kier molecular flexibility index (Phi) is 5.10. The van der Waals surface area contributed by atoms with Crippen LogP contribution in [0.25, 0.3) is 0 Å². The number of nitrogens with one attached hydrogen (secondary N) is 1. The van der Waals surface area contributed by atoms with E-state index >= 15 is 0 Å². The Bertz CT molecular complexity index is 481. The zero-order chi connectivity index (χ0) is 15.4. The van der Waals surface area contributed by atoms with Crippen molar-refractivity contribution in [2.45, 2.75) is 58.7 Å². The summed E-state index contributed by atoms with van der Waals surface area (Å²) in [6, 6.07) is 2.27. The van der Waals surface area contributed by atoms with Crippen molar-refractivity contribution in [3.05, 3.63) is 36.4 Å². The number of carbonyl (C=O) groups is 1. The number of hydrogen-bond donors (Lipinski definition) is 1. The largest absolute Gasteiger partial charge is 0.472 e. The third-order valence-corrected chi connectivity index (χ3v) is 4.39. The summed E-state index contributed by atoms with van der Waals surface area (Å²) in [5.41, 5.74) is 1.99. The number of hydrogen-bond acceptors (Lipinski definition) is 3. The highest BCUT2D eigenvalue weighted by atomic mass is 16.3. The Morgan fingerprint density at radius 3 is 2.90 bits per heavy atom. The number of rotatable bonds is 6. The van der Waals surface area contributed by atoms with Crippen LogP contribution < -0.4 is 5.32 Å². The molecule has 116 valence electrons. The minimum Gasteiger partial charge on any atom is -0.472 e. The molecular weight excluding hydrogens is 264 g/mol. The fourth-order valence-corrected chi connectivity index (χ4v) is 3.02. The molecule has 0 bridgehead atoms. The Morgan fingerprint density at radius 1 is 1.52 bits per heavy atom. The molecule has 21 heavy (non-hydrogen) atoms. The third-order valence-electron chi connectivity index (χ3n) is 4.39. The van der Waals surface area contributed by atoms with E-state index in [0.29, 0.717) is 6.54 Å². The van der Waals surface area contributed by atoms with Gasteiger partial charge in [-0.15, -0.1) is 0 Å². The maximum Gasteiger partial charge on any atom is 0.226 e. The van der Waals surface area contributed by atoms with E-state index in [0.717, 1.165) is 30.5 Å². The van der Waals surface area contributed by atoms with Crippen molar-refractivity contribution in [3.63, 3.8) is 0 Å². The second-order valence-electron chi connectivity index (χ2n) is 6.01. The Morgan fingerprint density at radius 2 is 2.29 bits per heavy atom. The average Bonchev–Trinajstić information content (AvgIpc) is 2.98. The molecule has 0 unspecified atom stereocenters. The van der Waals surface area contributed by atoms with Gasteiger partial charge >= 0.3 is 0 Å². The van der Waals surface area contributed by atoms with E-state index in [4.69, 9.17) is 4.42 Å². The fourth-order valence-electron chi connectivity index (χ4n) is 3.02. The lowest BCUT2D eigenvalue weighted by atomic mass is 9.91. The maximum absolute atomic E-state index is 12.5. The maximum atomic E-state index is 12.5. The highest BCUT2D eigenvalue weighted by Gasteiger charge is 2.35. The molecular formula is C17H26N2O2. The molecule has 0 radical (unpaired) electrons. The van der Waals surface area contributed by atoms with Crippen LogP contribution in [0.1, 0.15) is 45.6 Å². The molecule has 4 heteroatoms. The molecule has 2 heterocycles. The molecule has 0 saturated carbocycles. The number of likely N-dealkylation sites (tertiary alicyclic amines) is 1. The van der Waals surface area contributed by atoms with Crippen LogP contribution in [0.5, 0.6) is 0 Å². The highest BCUT2D eigenvalue weighted by Crippen LogP contribution is 2.27. The first-order chi connectivity index (χ1) is 10.0. The molecule has 3 atom stereocenters. The Labute approximate surface area is 127 Å². The Balaban J connectivity index is 2.03. The lowest BCUT2D eigenvalue weighted by molar-refractivity contribution is -0.143. The number of nitrogens with zero attached hydrogens (tertiary/aromatic N) is 1. The monoisotopic (exact) mass is 290 g/mol. The number of amides is 1. The van der Waals surface area contributed by atoms with Gasteiger partial charge in [-0.25, -0.2) is 0 Å². The summed E-state index contributed by atoms with van der Waals surface area (Å²) in [7, 11) is 0. The van der Waals surface area contributed by atoms with E-state index in [2.05, 4.69) is 25.7 Å². The average molecular weight is 290 g/mol. The molecule has 1 aromatic heterocycles. The molecule has 1 aliphatic heterocycles. The van der Waals surface area contributed by atoms with Gasteiger partial charge in [-0.3, -0.25) is 4.79 Å². The van der Waals surface area contributed by atoms with Crippen LogP contribution in [0.3, 0.4) is 0 Å². The normalized spacial score (nSPS) is 24.0. The van der Waals surface area contributed by atoms with Gasteiger partial charge in [-0.05, 0) is 32.3 Å². The van der Waals surface area contributed by atoms with E-state index < -0.39 is 0 Å².